The third kappa shape index (κ3) is 5.57. The van der Waals surface area contributed by atoms with Gasteiger partial charge in [0.05, 0.1) is 11.6 Å². The predicted molar refractivity (Wildman–Crippen MR) is 64.2 cm³/mol. The molecule has 1 heterocycles. The highest BCUT2D eigenvalue weighted by Crippen LogP contribution is 2.23. The van der Waals surface area contributed by atoms with Gasteiger partial charge in [0.1, 0.15) is 5.82 Å². The van der Waals surface area contributed by atoms with Gasteiger partial charge in [0, 0.05) is 18.9 Å². The van der Waals surface area contributed by atoms with Crippen molar-refractivity contribution in [1.29, 1.82) is 0 Å². The zero-order chi connectivity index (χ0) is 11.3. The third-order valence-electron chi connectivity index (χ3n) is 1.90. The topological polar surface area (TPSA) is 37.8 Å². The van der Waals surface area contributed by atoms with Crippen LogP contribution in [0.5, 0.6) is 0 Å². The highest BCUT2D eigenvalue weighted by atomic mass is 35.5. The van der Waals surface area contributed by atoms with Gasteiger partial charge in [-0.3, -0.25) is 4.98 Å². The molecule has 0 aliphatic heterocycles. The zero-order valence-corrected chi connectivity index (χ0v) is 10.3. The molecule has 0 saturated carbocycles. The number of rotatable bonds is 4. The molecular formula is C11H18ClN3. The van der Waals surface area contributed by atoms with Gasteiger partial charge < -0.3 is 5.32 Å². The summed E-state index contributed by atoms with van der Waals surface area (Å²) in [5.41, 5.74) is 0.260. The number of hydrogen-bond acceptors (Lipinski definition) is 3. The van der Waals surface area contributed by atoms with Gasteiger partial charge in [-0.25, -0.2) is 4.98 Å². The average molecular weight is 228 g/mol. The van der Waals surface area contributed by atoms with E-state index in [1.54, 1.807) is 18.6 Å². The largest absolute Gasteiger partial charge is 0.367 e. The zero-order valence-electron chi connectivity index (χ0n) is 9.50. The molecule has 15 heavy (non-hydrogen) atoms. The van der Waals surface area contributed by atoms with Crippen LogP contribution in [-0.2, 0) is 0 Å². The van der Waals surface area contributed by atoms with Gasteiger partial charge in [0.2, 0.25) is 0 Å². The van der Waals surface area contributed by atoms with Gasteiger partial charge in [0.25, 0.3) is 0 Å². The lowest BCUT2D eigenvalue weighted by molar-refractivity contribution is 0.373. The van der Waals surface area contributed by atoms with Crippen LogP contribution < -0.4 is 5.32 Å². The van der Waals surface area contributed by atoms with Crippen LogP contribution in [0.3, 0.4) is 0 Å². The molecule has 1 atom stereocenters. The minimum Gasteiger partial charge on any atom is -0.367 e. The van der Waals surface area contributed by atoms with Crippen LogP contribution in [-0.4, -0.2) is 21.9 Å². The van der Waals surface area contributed by atoms with Crippen LogP contribution in [0.2, 0.25) is 0 Å². The number of aromatic nitrogens is 2. The number of halogens is 1. The lowest BCUT2D eigenvalue weighted by Crippen LogP contribution is -2.21. The fourth-order valence-electron chi connectivity index (χ4n) is 1.34. The highest BCUT2D eigenvalue weighted by Gasteiger charge is 2.16. The SMILES string of the molecule is CC(C)(C)CC(Cl)CNc1cnccn1. The maximum absolute atomic E-state index is 6.20. The second kappa shape index (κ2) is 5.31. The van der Waals surface area contributed by atoms with Gasteiger partial charge in [-0.15, -0.1) is 11.6 Å². The van der Waals surface area contributed by atoms with E-state index in [4.69, 9.17) is 11.6 Å². The van der Waals surface area contributed by atoms with Crippen molar-refractivity contribution < 1.29 is 0 Å². The molecule has 0 aromatic carbocycles. The first-order valence-electron chi connectivity index (χ1n) is 5.11. The highest BCUT2D eigenvalue weighted by molar-refractivity contribution is 6.20. The Bertz CT molecular complexity index is 282. The summed E-state index contributed by atoms with van der Waals surface area (Å²) in [5.74, 6) is 0.775. The second-order valence-electron chi connectivity index (χ2n) is 4.83. The van der Waals surface area contributed by atoms with Crippen molar-refractivity contribution >= 4 is 17.4 Å². The van der Waals surface area contributed by atoms with Gasteiger partial charge >= 0.3 is 0 Å². The molecule has 0 saturated heterocycles. The van der Waals surface area contributed by atoms with Crippen LogP contribution in [0, 0.1) is 5.41 Å². The molecular weight excluding hydrogens is 210 g/mol. The van der Waals surface area contributed by atoms with Crippen molar-refractivity contribution in [3.63, 3.8) is 0 Å². The molecule has 1 N–H and O–H groups in total. The Balaban J connectivity index is 2.32. The smallest absolute Gasteiger partial charge is 0.144 e. The molecule has 4 heteroatoms. The van der Waals surface area contributed by atoms with E-state index in [0.29, 0.717) is 0 Å². The van der Waals surface area contributed by atoms with Crippen LogP contribution in [0.4, 0.5) is 5.82 Å². The van der Waals surface area contributed by atoms with Crippen molar-refractivity contribution in [2.75, 3.05) is 11.9 Å². The third-order valence-corrected chi connectivity index (χ3v) is 2.21. The Labute approximate surface area is 96.3 Å². The van der Waals surface area contributed by atoms with Gasteiger partial charge in [0.15, 0.2) is 0 Å². The molecule has 0 aliphatic rings. The molecule has 1 rings (SSSR count). The van der Waals surface area contributed by atoms with Crippen LogP contribution in [0.15, 0.2) is 18.6 Å². The molecule has 0 amide bonds. The molecule has 0 radical (unpaired) electrons. The van der Waals surface area contributed by atoms with Crippen LogP contribution in [0.1, 0.15) is 27.2 Å². The fourth-order valence-corrected chi connectivity index (χ4v) is 1.88. The lowest BCUT2D eigenvalue weighted by atomic mass is 9.90. The van der Waals surface area contributed by atoms with E-state index in [1.165, 1.54) is 0 Å². The van der Waals surface area contributed by atoms with Crippen molar-refractivity contribution in [2.24, 2.45) is 5.41 Å². The molecule has 0 spiro atoms. The van der Waals surface area contributed by atoms with Gasteiger partial charge in [-0.05, 0) is 11.8 Å². The number of anilines is 1. The summed E-state index contributed by atoms with van der Waals surface area (Å²) in [6, 6.07) is 0. The summed E-state index contributed by atoms with van der Waals surface area (Å²) >= 11 is 6.20. The summed E-state index contributed by atoms with van der Waals surface area (Å²) in [6.45, 7) is 7.28. The van der Waals surface area contributed by atoms with Crippen molar-refractivity contribution in [3.05, 3.63) is 18.6 Å². The second-order valence-corrected chi connectivity index (χ2v) is 5.45. The van der Waals surface area contributed by atoms with E-state index in [-0.39, 0.29) is 10.8 Å². The molecule has 1 unspecified atom stereocenters. The molecule has 84 valence electrons. The summed E-state index contributed by atoms with van der Waals surface area (Å²) in [5, 5.41) is 3.28. The van der Waals surface area contributed by atoms with E-state index >= 15 is 0 Å². The Morgan fingerprint density at radius 1 is 1.40 bits per heavy atom. The normalized spacial score (nSPS) is 13.6. The van der Waals surface area contributed by atoms with E-state index in [9.17, 15) is 0 Å². The fraction of sp³-hybridized carbons (Fsp3) is 0.636. The van der Waals surface area contributed by atoms with E-state index in [1.807, 2.05) is 0 Å². The molecule has 0 bridgehead atoms. The summed E-state index contributed by atoms with van der Waals surface area (Å²) in [4.78, 5) is 8.08. The lowest BCUT2D eigenvalue weighted by Gasteiger charge is -2.22. The Hall–Kier alpha value is -0.830. The van der Waals surface area contributed by atoms with E-state index in [0.717, 1.165) is 18.8 Å². The van der Waals surface area contributed by atoms with E-state index < -0.39 is 0 Å². The molecule has 0 aliphatic carbocycles. The summed E-state index contributed by atoms with van der Waals surface area (Å²) in [6.07, 6.45) is 5.98. The molecule has 1 aromatic rings. The standard InChI is InChI=1S/C11H18ClN3/c1-11(2,3)6-9(12)7-15-10-8-13-4-5-14-10/h4-5,8-9H,6-7H2,1-3H3,(H,14,15). The summed E-state index contributed by atoms with van der Waals surface area (Å²) in [7, 11) is 0. The van der Waals surface area contributed by atoms with Crippen molar-refractivity contribution in [1.82, 2.24) is 9.97 Å². The first-order chi connectivity index (χ1) is 6.97. The molecule has 3 nitrogen and oxygen atoms in total. The molecule has 1 aromatic heterocycles. The molecule has 0 fully saturated rings. The minimum absolute atomic E-state index is 0.118. The maximum Gasteiger partial charge on any atom is 0.144 e. The van der Waals surface area contributed by atoms with Gasteiger partial charge in [-0.2, -0.15) is 0 Å². The number of nitrogens with zero attached hydrogens (tertiary/aromatic N) is 2. The number of hydrogen-bond donors (Lipinski definition) is 1. The van der Waals surface area contributed by atoms with Crippen LogP contribution in [0.25, 0.3) is 0 Å². The first kappa shape index (κ1) is 12.2. The van der Waals surface area contributed by atoms with Crippen LogP contribution >= 0.6 is 11.6 Å². The van der Waals surface area contributed by atoms with Crippen molar-refractivity contribution in [2.45, 2.75) is 32.6 Å². The predicted octanol–water partition coefficient (Wildman–Crippen LogP) is 2.93. The monoisotopic (exact) mass is 227 g/mol. The van der Waals surface area contributed by atoms with Crippen molar-refractivity contribution in [3.8, 4) is 0 Å². The Kier molecular flexibility index (Phi) is 4.33. The summed E-state index contributed by atoms with van der Waals surface area (Å²) < 4.78 is 0. The quantitative estimate of drug-likeness (QED) is 0.804. The number of nitrogens with one attached hydrogen (secondary N) is 1. The maximum atomic E-state index is 6.20. The number of alkyl halides is 1. The minimum atomic E-state index is 0.118. The first-order valence-corrected chi connectivity index (χ1v) is 5.55. The van der Waals surface area contributed by atoms with Gasteiger partial charge in [-0.1, -0.05) is 20.8 Å². The average Bonchev–Trinajstić information content (AvgIpc) is 2.14. The Morgan fingerprint density at radius 3 is 2.67 bits per heavy atom. The Morgan fingerprint density at radius 2 is 2.13 bits per heavy atom. The van der Waals surface area contributed by atoms with E-state index in [2.05, 4.69) is 36.1 Å².